The van der Waals surface area contributed by atoms with E-state index in [2.05, 4.69) is 79.1 Å². The zero-order valence-corrected chi connectivity index (χ0v) is 22.2. The smallest absolute Gasteiger partial charge is 0.195 e. The van der Waals surface area contributed by atoms with Gasteiger partial charge in [0, 0.05) is 12.2 Å². The fraction of sp³-hybridized carbons (Fsp3) is 0.438. The molecule has 0 saturated heterocycles. The van der Waals surface area contributed by atoms with Crippen molar-refractivity contribution in [3.63, 3.8) is 0 Å². The lowest BCUT2D eigenvalue weighted by Gasteiger charge is -2.56. The van der Waals surface area contributed by atoms with Crippen molar-refractivity contribution in [2.75, 3.05) is 5.75 Å². The van der Waals surface area contributed by atoms with E-state index in [0.29, 0.717) is 5.41 Å². The maximum Gasteiger partial charge on any atom is 0.195 e. The molecule has 36 heavy (non-hydrogen) atoms. The molecule has 4 aliphatic carbocycles. The van der Waals surface area contributed by atoms with Crippen LogP contribution in [-0.2, 0) is 6.42 Å². The van der Waals surface area contributed by atoms with Gasteiger partial charge in [0.1, 0.15) is 5.82 Å². The monoisotopic (exact) mass is 493 g/mol. The summed E-state index contributed by atoms with van der Waals surface area (Å²) < 4.78 is 2.36. The lowest BCUT2D eigenvalue weighted by atomic mass is 9.50. The normalized spacial score (nSPS) is 26.7. The third kappa shape index (κ3) is 3.98. The molecule has 0 unspecified atom stereocenters. The van der Waals surface area contributed by atoms with Gasteiger partial charge in [0.2, 0.25) is 0 Å². The lowest BCUT2D eigenvalue weighted by molar-refractivity contribution is -0.0381. The van der Waals surface area contributed by atoms with Crippen molar-refractivity contribution in [2.45, 2.75) is 63.9 Å². The Kier molecular flexibility index (Phi) is 5.50. The largest absolute Gasteiger partial charge is 0.273 e. The van der Waals surface area contributed by atoms with Crippen molar-refractivity contribution in [2.24, 2.45) is 23.2 Å². The molecule has 8 rings (SSSR count). The van der Waals surface area contributed by atoms with Crippen LogP contribution in [0.15, 0.2) is 65.8 Å². The maximum atomic E-state index is 4.83. The SMILES string of the molecule is Cc1ccc(-n2c(Cc3cccc4ccccc34)nnc2SCC23CC4CC(CC(C4)C2)C3)c(C)c1. The summed E-state index contributed by atoms with van der Waals surface area (Å²) in [5.74, 6) is 5.17. The second-order valence-corrected chi connectivity index (χ2v) is 13.0. The van der Waals surface area contributed by atoms with E-state index in [9.17, 15) is 0 Å². The van der Waals surface area contributed by atoms with Crippen LogP contribution in [-0.4, -0.2) is 20.5 Å². The van der Waals surface area contributed by atoms with Gasteiger partial charge in [0.15, 0.2) is 5.16 Å². The molecule has 4 fully saturated rings. The average molecular weight is 494 g/mol. The summed E-state index contributed by atoms with van der Waals surface area (Å²) in [4.78, 5) is 0. The van der Waals surface area contributed by atoms with Crippen LogP contribution in [0.3, 0.4) is 0 Å². The van der Waals surface area contributed by atoms with Crippen molar-refractivity contribution >= 4 is 22.5 Å². The molecule has 0 N–H and O–H groups in total. The molecular weight excluding hydrogens is 458 g/mol. The van der Waals surface area contributed by atoms with Crippen LogP contribution in [0.25, 0.3) is 16.5 Å². The van der Waals surface area contributed by atoms with Gasteiger partial charge < -0.3 is 0 Å². The number of benzene rings is 3. The molecule has 0 aliphatic heterocycles. The number of hydrogen-bond donors (Lipinski definition) is 0. The Bertz CT molecular complexity index is 1390. The minimum absolute atomic E-state index is 0.522. The van der Waals surface area contributed by atoms with Gasteiger partial charge in [0.05, 0.1) is 5.69 Å². The van der Waals surface area contributed by atoms with Crippen LogP contribution in [0.2, 0.25) is 0 Å². The van der Waals surface area contributed by atoms with E-state index in [1.54, 1.807) is 0 Å². The molecule has 3 nitrogen and oxygen atoms in total. The number of hydrogen-bond acceptors (Lipinski definition) is 3. The molecule has 0 spiro atoms. The molecule has 4 heteroatoms. The van der Waals surface area contributed by atoms with Crippen LogP contribution >= 0.6 is 11.8 Å². The van der Waals surface area contributed by atoms with Crippen molar-refractivity contribution in [1.29, 1.82) is 0 Å². The highest BCUT2D eigenvalue weighted by Gasteiger charge is 2.50. The summed E-state index contributed by atoms with van der Waals surface area (Å²) in [6, 6.07) is 22.0. The number of thioether (sulfide) groups is 1. The zero-order chi connectivity index (χ0) is 24.3. The van der Waals surface area contributed by atoms with Gasteiger partial charge in [-0.15, -0.1) is 10.2 Å². The molecule has 0 radical (unpaired) electrons. The number of aromatic nitrogens is 3. The van der Waals surface area contributed by atoms with Crippen molar-refractivity contribution in [1.82, 2.24) is 14.8 Å². The van der Waals surface area contributed by atoms with E-state index < -0.39 is 0 Å². The first-order chi connectivity index (χ1) is 17.6. The summed E-state index contributed by atoms with van der Waals surface area (Å²) in [6.07, 6.45) is 9.58. The molecular formula is C32H35N3S. The highest BCUT2D eigenvalue weighted by molar-refractivity contribution is 7.99. The molecule has 1 heterocycles. The highest BCUT2D eigenvalue weighted by atomic mass is 32.2. The van der Waals surface area contributed by atoms with Crippen LogP contribution in [0.5, 0.6) is 0 Å². The maximum absolute atomic E-state index is 4.83. The number of fused-ring (bicyclic) bond motifs is 1. The van der Waals surface area contributed by atoms with Gasteiger partial charge in [0.25, 0.3) is 0 Å². The molecule has 184 valence electrons. The van der Waals surface area contributed by atoms with E-state index >= 15 is 0 Å². The number of nitrogens with zero attached hydrogens (tertiary/aromatic N) is 3. The quantitative estimate of drug-likeness (QED) is 0.255. The van der Waals surface area contributed by atoms with E-state index in [0.717, 1.165) is 35.2 Å². The third-order valence-electron chi connectivity index (χ3n) is 9.19. The fourth-order valence-electron chi connectivity index (χ4n) is 8.11. The first-order valence-corrected chi connectivity index (χ1v) is 14.7. The molecule has 0 amide bonds. The molecule has 1 aromatic heterocycles. The van der Waals surface area contributed by atoms with Crippen molar-refractivity contribution in [3.8, 4) is 5.69 Å². The van der Waals surface area contributed by atoms with Crippen LogP contribution in [0, 0.1) is 37.0 Å². The third-order valence-corrected chi connectivity index (χ3v) is 10.5. The van der Waals surface area contributed by atoms with Gasteiger partial charge in [-0.05, 0) is 104 Å². The minimum atomic E-state index is 0.522. The summed E-state index contributed by atoms with van der Waals surface area (Å²) in [5.41, 5.74) is 5.63. The summed E-state index contributed by atoms with van der Waals surface area (Å²) >= 11 is 1.97. The zero-order valence-electron chi connectivity index (χ0n) is 21.4. The fourth-order valence-corrected chi connectivity index (χ4v) is 9.33. The molecule has 4 bridgehead atoms. The molecule has 4 saturated carbocycles. The Balaban J connectivity index is 1.25. The summed E-state index contributed by atoms with van der Waals surface area (Å²) in [5, 5.41) is 13.3. The Labute approximate surface area is 218 Å². The Morgan fingerprint density at radius 2 is 1.58 bits per heavy atom. The topological polar surface area (TPSA) is 30.7 Å². The van der Waals surface area contributed by atoms with Gasteiger partial charge in [-0.2, -0.15) is 0 Å². The highest BCUT2D eigenvalue weighted by Crippen LogP contribution is 2.61. The second-order valence-electron chi connectivity index (χ2n) is 12.0. The molecule has 4 aromatic rings. The average Bonchev–Trinajstić information content (AvgIpc) is 3.24. The van der Waals surface area contributed by atoms with Gasteiger partial charge in [-0.25, -0.2) is 0 Å². The van der Waals surface area contributed by atoms with Gasteiger partial charge in [-0.3, -0.25) is 4.57 Å². The first kappa shape index (κ1) is 22.6. The van der Waals surface area contributed by atoms with Crippen LogP contribution in [0.4, 0.5) is 0 Å². The van der Waals surface area contributed by atoms with E-state index in [1.165, 1.54) is 77.4 Å². The predicted molar refractivity (Wildman–Crippen MR) is 149 cm³/mol. The standard InChI is InChI=1S/C32H35N3S/c1-21-10-11-29(22(2)12-21)35-30(16-27-8-5-7-26-6-3-4-9-28(26)27)33-34-31(35)36-20-32-17-23-13-24(18-32)15-25(14-23)19-32/h3-12,23-25H,13-20H2,1-2H3. The summed E-state index contributed by atoms with van der Waals surface area (Å²) in [6.45, 7) is 4.39. The van der Waals surface area contributed by atoms with E-state index in [-0.39, 0.29) is 0 Å². The Morgan fingerprint density at radius 3 is 2.33 bits per heavy atom. The van der Waals surface area contributed by atoms with Gasteiger partial charge >= 0.3 is 0 Å². The Hall–Kier alpha value is -2.59. The van der Waals surface area contributed by atoms with Gasteiger partial charge in [-0.1, -0.05) is 71.9 Å². The van der Waals surface area contributed by atoms with Crippen molar-refractivity contribution < 1.29 is 0 Å². The number of aryl methyl sites for hydroxylation is 2. The second kappa shape index (κ2) is 8.76. The van der Waals surface area contributed by atoms with E-state index in [1.807, 2.05) is 11.8 Å². The van der Waals surface area contributed by atoms with Crippen molar-refractivity contribution in [3.05, 3.63) is 83.2 Å². The lowest BCUT2D eigenvalue weighted by Crippen LogP contribution is -2.47. The molecule has 4 aliphatic rings. The number of rotatable bonds is 6. The summed E-state index contributed by atoms with van der Waals surface area (Å²) in [7, 11) is 0. The molecule has 0 atom stereocenters. The Morgan fingerprint density at radius 1 is 0.861 bits per heavy atom. The van der Waals surface area contributed by atoms with E-state index in [4.69, 9.17) is 10.2 Å². The van der Waals surface area contributed by atoms with Crippen LogP contribution in [0.1, 0.15) is 61.0 Å². The minimum Gasteiger partial charge on any atom is -0.273 e. The molecule has 3 aromatic carbocycles. The predicted octanol–water partition coefficient (Wildman–Crippen LogP) is 7.94. The first-order valence-electron chi connectivity index (χ1n) is 13.7. The van der Waals surface area contributed by atoms with Crippen LogP contribution < -0.4 is 0 Å².